The molecular formula is C2H6BrO3P. The Morgan fingerprint density at radius 1 is 2.00 bits per heavy atom. The summed E-state index contributed by atoms with van der Waals surface area (Å²) in [6, 6.07) is 0. The molecule has 0 aromatic carbocycles. The quantitative estimate of drug-likeness (QED) is 0.669. The zero-order valence-corrected chi connectivity index (χ0v) is 6.28. The summed E-state index contributed by atoms with van der Waals surface area (Å²) in [6.45, 7) is 1.89. The molecule has 1 N–H and O–H groups in total. The lowest BCUT2D eigenvalue weighted by molar-refractivity contribution is 0.292. The minimum Gasteiger partial charge on any atom is -0.316 e. The van der Waals surface area contributed by atoms with Crippen molar-refractivity contribution in [3.05, 3.63) is 0 Å². The molecule has 0 amide bonds. The maximum atomic E-state index is 10.1. The molecule has 0 aromatic rings. The zero-order chi connectivity index (χ0) is 5.91. The van der Waals surface area contributed by atoms with Gasteiger partial charge in [-0.1, -0.05) is 0 Å². The SMILES string of the molecule is CCOP(=O)(O)Br. The predicted molar refractivity (Wildman–Crippen MR) is 30.4 cm³/mol. The molecule has 0 fully saturated rings. The van der Waals surface area contributed by atoms with Gasteiger partial charge in [0.05, 0.1) is 6.61 Å². The van der Waals surface area contributed by atoms with E-state index in [9.17, 15) is 4.57 Å². The number of rotatable bonds is 2. The summed E-state index contributed by atoms with van der Waals surface area (Å²) >= 11 is 2.43. The highest BCUT2D eigenvalue weighted by Gasteiger charge is 2.09. The van der Waals surface area contributed by atoms with Crippen LogP contribution in [0.2, 0.25) is 0 Å². The Morgan fingerprint density at radius 3 is 2.43 bits per heavy atom. The molecule has 0 rings (SSSR count). The molecule has 3 nitrogen and oxygen atoms in total. The van der Waals surface area contributed by atoms with Crippen molar-refractivity contribution >= 4 is 21.8 Å². The van der Waals surface area contributed by atoms with Crippen LogP contribution in [0.1, 0.15) is 6.92 Å². The van der Waals surface area contributed by atoms with Crippen LogP contribution in [0.15, 0.2) is 0 Å². The van der Waals surface area contributed by atoms with E-state index in [1.54, 1.807) is 6.92 Å². The fraction of sp³-hybridized carbons (Fsp3) is 1.00. The lowest BCUT2D eigenvalue weighted by atomic mass is 10.9. The van der Waals surface area contributed by atoms with E-state index >= 15 is 0 Å². The average Bonchev–Trinajstić information content (AvgIpc) is 1.30. The predicted octanol–water partition coefficient (Wildman–Crippen LogP) is 1.52. The summed E-state index contributed by atoms with van der Waals surface area (Å²) in [4.78, 5) is 8.27. The smallest absolute Gasteiger partial charge is 0.316 e. The lowest BCUT2D eigenvalue weighted by Crippen LogP contribution is -1.78. The first-order valence-corrected chi connectivity index (χ1v) is 5.33. The second-order valence-electron chi connectivity index (χ2n) is 0.869. The molecule has 0 aliphatic heterocycles. The number of halogens is 1. The van der Waals surface area contributed by atoms with E-state index in [1.165, 1.54) is 0 Å². The van der Waals surface area contributed by atoms with Crippen LogP contribution in [0, 0.1) is 0 Å². The van der Waals surface area contributed by atoms with Crippen molar-refractivity contribution in [1.29, 1.82) is 0 Å². The van der Waals surface area contributed by atoms with Gasteiger partial charge in [-0.05, 0) is 6.92 Å². The minimum atomic E-state index is -3.35. The van der Waals surface area contributed by atoms with E-state index in [0.717, 1.165) is 0 Å². The molecule has 0 spiro atoms. The second kappa shape index (κ2) is 2.82. The zero-order valence-electron chi connectivity index (χ0n) is 3.80. The van der Waals surface area contributed by atoms with Gasteiger partial charge in [-0.25, -0.2) is 4.57 Å². The van der Waals surface area contributed by atoms with Crippen LogP contribution in [0.4, 0.5) is 0 Å². The van der Waals surface area contributed by atoms with Crippen molar-refractivity contribution < 1.29 is 14.0 Å². The molecule has 44 valence electrons. The molecule has 5 heteroatoms. The summed E-state index contributed by atoms with van der Waals surface area (Å²) in [6.07, 6.45) is -3.35. The Labute approximate surface area is 50.0 Å². The van der Waals surface area contributed by atoms with Gasteiger partial charge in [-0.2, -0.15) is 0 Å². The molecule has 0 radical (unpaired) electrons. The monoisotopic (exact) mass is 188 g/mol. The Hall–Kier alpha value is 0.630. The summed E-state index contributed by atoms with van der Waals surface area (Å²) < 4.78 is 14.3. The van der Waals surface area contributed by atoms with Crippen molar-refractivity contribution in [3.8, 4) is 0 Å². The Morgan fingerprint density at radius 2 is 2.43 bits per heavy atom. The van der Waals surface area contributed by atoms with E-state index in [1.807, 2.05) is 0 Å². The molecule has 0 bridgehead atoms. The lowest BCUT2D eigenvalue weighted by Gasteiger charge is -1.98. The molecule has 0 aromatic heterocycles. The third-order valence-corrected chi connectivity index (χ3v) is 1.48. The highest BCUT2D eigenvalue weighted by Crippen LogP contribution is 2.49. The van der Waals surface area contributed by atoms with Gasteiger partial charge < -0.3 is 9.42 Å². The summed E-state index contributed by atoms with van der Waals surface area (Å²) in [5, 5.41) is 0. The number of hydrogen-bond acceptors (Lipinski definition) is 2. The fourth-order valence-electron chi connectivity index (χ4n) is 0.159. The Kier molecular flexibility index (Phi) is 3.08. The van der Waals surface area contributed by atoms with Crippen LogP contribution < -0.4 is 0 Å². The van der Waals surface area contributed by atoms with Gasteiger partial charge in [0.25, 0.3) is 0 Å². The van der Waals surface area contributed by atoms with Crippen molar-refractivity contribution in [3.63, 3.8) is 0 Å². The van der Waals surface area contributed by atoms with Crippen LogP contribution >= 0.6 is 21.8 Å². The topological polar surface area (TPSA) is 46.5 Å². The number of hydrogen-bond donors (Lipinski definition) is 1. The molecule has 0 saturated heterocycles. The van der Waals surface area contributed by atoms with Gasteiger partial charge in [0.2, 0.25) is 0 Å². The Balaban J connectivity index is 3.36. The minimum absolute atomic E-state index is 0.249. The maximum Gasteiger partial charge on any atom is 0.393 e. The largest absolute Gasteiger partial charge is 0.393 e. The summed E-state index contributed by atoms with van der Waals surface area (Å²) in [7, 11) is 0. The van der Waals surface area contributed by atoms with Crippen LogP contribution in [0.25, 0.3) is 0 Å². The van der Waals surface area contributed by atoms with Gasteiger partial charge in [0, 0.05) is 15.5 Å². The van der Waals surface area contributed by atoms with Crippen molar-refractivity contribution in [2.24, 2.45) is 0 Å². The second-order valence-corrected chi connectivity index (χ2v) is 4.72. The summed E-state index contributed by atoms with van der Waals surface area (Å²) in [5.41, 5.74) is 0. The molecule has 0 saturated carbocycles. The fourth-order valence-corrected chi connectivity index (χ4v) is 1.09. The van der Waals surface area contributed by atoms with Gasteiger partial charge >= 0.3 is 6.30 Å². The van der Waals surface area contributed by atoms with E-state index in [2.05, 4.69) is 20.0 Å². The normalized spacial score (nSPS) is 18.7. The van der Waals surface area contributed by atoms with Gasteiger partial charge in [-0.15, -0.1) is 0 Å². The third-order valence-electron chi connectivity index (χ3n) is 0.288. The van der Waals surface area contributed by atoms with E-state index in [4.69, 9.17) is 4.89 Å². The molecule has 0 heterocycles. The average molecular weight is 189 g/mol. The highest BCUT2D eigenvalue weighted by molar-refractivity contribution is 9.39. The van der Waals surface area contributed by atoms with E-state index in [0.29, 0.717) is 0 Å². The summed E-state index contributed by atoms with van der Waals surface area (Å²) in [5.74, 6) is 0. The molecule has 1 atom stereocenters. The van der Waals surface area contributed by atoms with Crippen molar-refractivity contribution in [1.82, 2.24) is 0 Å². The van der Waals surface area contributed by atoms with Crippen LogP contribution in [-0.4, -0.2) is 11.5 Å². The van der Waals surface area contributed by atoms with E-state index < -0.39 is 6.30 Å². The van der Waals surface area contributed by atoms with Crippen LogP contribution in [0.5, 0.6) is 0 Å². The first kappa shape index (κ1) is 7.63. The third kappa shape index (κ3) is 6.63. The molecule has 7 heavy (non-hydrogen) atoms. The van der Waals surface area contributed by atoms with Crippen molar-refractivity contribution in [2.45, 2.75) is 6.92 Å². The van der Waals surface area contributed by atoms with E-state index in [-0.39, 0.29) is 6.61 Å². The molecule has 0 aliphatic carbocycles. The van der Waals surface area contributed by atoms with Crippen LogP contribution in [-0.2, 0) is 9.09 Å². The van der Waals surface area contributed by atoms with Crippen LogP contribution in [0.3, 0.4) is 0 Å². The standard InChI is InChI=1S/C2H6BrO3P/c1-2-6-7(3,4)5/h2H2,1H3,(H,4,5). The van der Waals surface area contributed by atoms with Gasteiger partial charge in [-0.3, -0.25) is 0 Å². The molecule has 0 aliphatic rings. The Bertz CT molecular complexity index is 86.9. The van der Waals surface area contributed by atoms with Crippen molar-refractivity contribution in [2.75, 3.05) is 6.61 Å². The maximum absolute atomic E-state index is 10.1. The molecule has 1 unspecified atom stereocenters. The van der Waals surface area contributed by atoms with Gasteiger partial charge in [0.1, 0.15) is 0 Å². The van der Waals surface area contributed by atoms with Gasteiger partial charge in [0.15, 0.2) is 0 Å². The molecular weight excluding hydrogens is 183 g/mol. The highest BCUT2D eigenvalue weighted by atomic mass is 79.9. The first-order chi connectivity index (χ1) is 3.06. The first-order valence-electron chi connectivity index (χ1n) is 1.73.